The van der Waals surface area contributed by atoms with Crippen molar-refractivity contribution in [2.75, 3.05) is 20.1 Å². The number of benzene rings is 1. The summed E-state index contributed by atoms with van der Waals surface area (Å²) in [6.07, 6.45) is 3.11. The third-order valence-corrected chi connectivity index (χ3v) is 5.03. The number of hydrogen-bond donors (Lipinski definition) is 2. The lowest BCUT2D eigenvalue weighted by Crippen LogP contribution is -2.48. The molecule has 0 unspecified atom stereocenters. The molecule has 1 aliphatic carbocycles. The second-order valence-electron chi connectivity index (χ2n) is 6.64. The Labute approximate surface area is 137 Å². The standard InChI is InChI=1S/C18H25N3O2/c1-19-18(23)15-11-21(10-13-6-3-2-4-7-13)12-16(15)20-17(22)14-8-5-9-14/h2-4,6-7,14-16H,5,8-12H2,1H3,(H,19,23)(H,20,22)/t15-,16-/m0/s1. The number of nitrogens with one attached hydrogen (secondary N) is 2. The zero-order valence-electron chi connectivity index (χ0n) is 13.6. The molecule has 124 valence electrons. The van der Waals surface area contributed by atoms with E-state index in [0.717, 1.165) is 32.4 Å². The molecule has 1 aromatic rings. The molecule has 0 spiro atoms. The first-order valence-electron chi connectivity index (χ1n) is 8.45. The molecule has 0 aromatic heterocycles. The van der Waals surface area contributed by atoms with Gasteiger partial charge in [-0.15, -0.1) is 0 Å². The highest BCUT2D eigenvalue weighted by Crippen LogP contribution is 2.27. The summed E-state index contributed by atoms with van der Waals surface area (Å²) < 4.78 is 0. The maximum absolute atomic E-state index is 12.2. The molecule has 2 aliphatic rings. The highest BCUT2D eigenvalue weighted by atomic mass is 16.2. The molecule has 5 nitrogen and oxygen atoms in total. The average Bonchev–Trinajstić information content (AvgIpc) is 2.88. The van der Waals surface area contributed by atoms with E-state index in [9.17, 15) is 9.59 Å². The Morgan fingerprint density at radius 2 is 1.87 bits per heavy atom. The van der Waals surface area contributed by atoms with Crippen LogP contribution >= 0.6 is 0 Å². The van der Waals surface area contributed by atoms with E-state index in [1.54, 1.807) is 7.05 Å². The van der Waals surface area contributed by atoms with Crippen LogP contribution in [0.1, 0.15) is 24.8 Å². The summed E-state index contributed by atoms with van der Waals surface area (Å²) in [5.41, 5.74) is 1.23. The topological polar surface area (TPSA) is 61.4 Å². The molecule has 2 fully saturated rings. The fourth-order valence-corrected chi connectivity index (χ4v) is 3.42. The lowest BCUT2D eigenvalue weighted by Gasteiger charge is -2.27. The van der Waals surface area contributed by atoms with Crippen LogP contribution in [0.5, 0.6) is 0 Å². The van der Waals surface area contributed by atoms with Crippen molar-refractivity contribution in [2.24, 2.45) is 11.8 Å². The normalized spacial score (nSPS) is 24.9. The molecule has 23 heavy (non-hydrogen) atoms. The molecule has 3 rings (SSSR count). The summed E-state index contributed by atoms with van der Waals surface area (Å²) in [5.74, 6) is 0.118. The molecule has 2 amide bonds. The SMILES string of the molecule is CNC(=O)[C@H]1CN(Cc2ccccc2)C[C@@H]1NC(=O)C1CCC1. The van der Waals surface area contributed by atoms with Crippen LogP contribution in [0.2, 0.25) is 0 Å². The Morgan fingerprint density at radius 3 is 2.48 bits per heavy atom. The monoisotopic (exact) mass is 315 g/mol. The maximum atomic E-state index is 12.2. The van der Waals surface area contributed by atoms with Crippen LogP contribution in [0.3, 0.4) is 0 Å². The first-order valence-corrected chi connectivity index (χ1v) is 8.45. The van der Waals surface area contributed by atoms with Gasteiger partial charge in [0.1, 0.15) is 0 Å². The van der Waals surface area contributed by atoms with Gasteiger partial charge in [0.05, 0.1) is 12.0 Å². The van der Waals surface area contributed by atoms with Gasteiger partial charge in [-0.3, -0.25) is 14.5 Å². The molecule has 1 heterocycles. The van der Waals surface area contributed by atoms with Crippen LogP contribution in [-0.2, 0) is 16.1 Å². The van der Waals surface area contributed by atoms with Crippen LogP contribution in [-0.4, -0.2) is 42.9 Å². The van der Waals surface area contributed by atoms with E-state index >= 15 is 0 Å². The van der Waals surface area contributed by atoms with E-state index in [1.165, 1.54) is 5.56 Å². The fraction of sp³-hybridized carbons (Fsp3) is 0.556. The molecule has 1 aromatic carbocycles. The van der Waals surface area contributed by atoms with Crippen LogP contribution in [0, 0.1) is 11.8 Å². The van der Waals surface area contributed by atoms with Crippen LogP contribution in [0.25, 0.3) is 0 Å². The highest BCUT2D eigenvalue weighted by Gasteiger charge is 2.39. The second-order valence-corrected chi connectivity index (χ2v) is 6.64. The van der Waals surface area contributed by atoms with Crippen molar-refractivity contribution in [3.05, 3.63) is 35.9 Å². The van der Waals surface area contributed by atoms with E-state index in [-0.39, 0.29) is 29.7 Å². The summed E-state index contributed by atoms with van der Waals surface area (Å²) in [7, 11) is 1.66. The second kappa shape index (κ2) is 7.13. The molecular weight excluding hydrogens is 290 g/mol. The van der Waals surface area contributed by atoms with Crippen molar-refractivity contribution in [3.63, 3.8) is 0 Å². The molecule has 0 bridgehead atoms. The summed E-state index contributed by atoms with van der Waals surface area (Å²) in [6, 6.07) is 10.1. The van der Waals surface area contributed by atoms with E-state index in [4.69, 9.17) is 0 Å². The van der Waals surface area contributed by atoms with Gasteiger partial charge in [0.2, 0.25) is 11.8 Å². The van der Waals surface area contributed by atoms with Gasteiger partial charge in [0, 0.05) is 32.6 Å². The molecule has 1 aliphatic heterocycles. The largest absolute Gasteiger partial charge is 0.359 e. The Hall–Kier alpha value is -1.88. The van der Waals surface area contributed by atoms with Crippen molar-refractivity contribution in [1.29, 1.82) is 0 Å². The number of carbonyl (C=O) groups excluding carboxylic acids is 2. The predicted molar refractivity (Wildman–Crippen MR) is 88.5 cm³/mol. The fourth-order valence-electron chi connectivity index (χ4n) is 3.42. The molecule has 0 radical (unpaired) electrons. The van der Waals surface area contributed by atoms with Gasteiger partial charge in [-0.1, -0.05) is 36.8 Å². The third kappa shape index (κ3) is 3.72. The summed E-state index contributed by atoms with van der Waals surface area (Å²) in [6.45, 7) is 2.22. The summed E-state index contributed by atoms with van der Waals surface area (Å²) in [5, 5.41) is 5.86. The van der Waals surface area contributed by atoms with Gasteiger partial charge in [-0.2, -0.15) is 0 Å². The minimum atomic E-state index is -0.173. The Morgan fingerprint density at radius 1 is 1.13 bits per heavy atom. The van der Waals surface area contributed by atoms with Gasteiger partial charge in [-0.25, -0.2) is 0 Å². The molecule has 2 N–H and O–H groups in total. The predicted octanol–water partition coefficient (Wildman–Crippen LogP) is 1.15. The zero-order chi connectivity index (χ0) is 16.2. The van der Waals surface area contributed by atoms with Crippen LogP contribution in [0.4, 0.5) is 0 Å². The molecule has 5 heteroatoms. The number of carbonyl (C=O) groups is 2. The number of rotatable bonds is 5. The van der Waals surface area contributed by atoms with Gasteiger partial charge in [-0.05, 0) is 18.4 Å². The van der Waals surface area contributed by atoms with Gasteiger partial charge >= 0.3 is 0 Å². The van der Waals surface area contributed by atoms with Gasteiger partial charge in [0.25, 0.3) is 0 Å². The molecule has 1 saturated heterocycles. The van der Waals surface area contributed by atoms with E-state index in [1.807, 2.05) is 18.2 Å². The van der Waals surface area contributed by atoms with Crippen molar-refractivity contribution in [2.45, 2.75) is 31.8 Å². The quantitative estimate of drug-likeness (QED) is 0.857. The number of hydrogen-bond acceptors (Lipinski definition) is 3. The van der Waals surface area contributed by atoms with Gasteiger partial charge in [0.15, 0.2) is 0 Å². The van der Waals surface area contributed by atoms with E-state index in [0.29, 0.717) is 6.54 Å². The van der Waals surface area contributed by atoms with E-state index in [2.05, 4.69) is 27.7 Å². The van der Waals surface area contributed by atoms with Crippen molar-refractivity contribution in [1.82, 2.24) is 15.5 Å². The maximum Gasteiger partial charge on any atom is 0.226 e. The third-order valence-electron chi connectivity index (χ3n) is 5.03. The molecular formula is C18H25N3O2. The van der Waals surface area contributed by atoms with E-state index < -0.39 is 0 Å². The molecule has 2 atom stereocenters. The average molecular weight is 315 g/mol. The highest BCUT2D eigenvalue weighted by molar-refractivity contribution is 5.83. The smallest absolute Gasteiger partial charge is 0.226 e. The zero-order valence-corrected chi connectivity index (χ0v) is 13.6. The van der Waals surface area contributed by atoms with Crippen molar-refractivity contribution >= 4 is 11.8 Å². The van der Waals surface area contributed by atoms with Crippen molar-refractivity contribution in [3.8, 4) is 0 Å². The Kier molecular flexibility index (Phi) is 4.96. The number of amides is 2. The Bertz CT molecular complexity index is 557. The first kappa shape index (κ1) is 16.0. The molecule has 1 saturated carbocycles. The summed E-state index contributed by atoms with van der Waals surface area (Å²) >= 11 is 0. The van der Waals surface area contributed by atoms with Gasteiger partial charge < -0.3 is 10.6 Å². The lowest BCUT2D eigenvalue weighted by molar-refractivity contribution is -0.129. The minimum Gasteiger partial charge on any atom is -0.359 e. The van der Waals surface area contributed by atoms with Crippen LogP contribution < -0.4 is 10.6 Å². The number of likely N-dealkylation sites (tertiary alicyclic amines) is 1. The first-order chi connectivity index (χ1) is 11.2. The lowest BCUT2D eigenvalue weighted by atomic mass is 9.84. The van der Waals surface area contributed by atoms with Crippen LogP contribution in [0.15, 0.2) is 30.3 Å². The Balaban J connectivity index is 1.63. The summed E-state index contributed by atoms with van der Waals surface area (Å²) in [4.78, 5) is 26.7. The van der Waals surface area contributed by atoms with Crippen molar-refractivity contribution < 1.29 is 9.59 Å². The minimum absolute atomic E-state index is 0.0134. The number of nitrogens with zero attached hydrogens (tertiary/aromatic N) is 1.